The highest BCUT2D eigenvalue weighted by molar-refractivity contribution is 7.13. The van der Waals surface area contributed by atoms with Crippen molar-refractivity contribution in [2.75, 3.05) is 24.5 Å². The number of nitrogens with zero attached hydrogens (tertiary/aromatic N) is 4. The van der Waals surface area contributed by atoms with Crippen LogP contribution in [0.25, 0.3) is 10.8 Å². The van der Waals surface area contributed by atoms with Crippen LogP contribution in [0.5, 0.6) is 0 Å². The molecule has 0 saturated carbocycles. The minimum atomic E-state index is -0.250. The second-order valence-corrected chi connectivity index (χ2v) is 9.18. The molecule has 2 aromatic heterocycles. The zero-order valence-corrected chi connectivity index (χ0v) is 18.1. The predicted molar refractivity (Wildman–Crippen MR) is 119 cm³/mol. The van der Waals surface area contributed by atoms with E-state index >= 15 is 0 Å². The number of benzene rings is 1. The van der Waals surface area contributed by atoms with Gasteiger partial charge >= 0.3 is 0 Å². The molecule has 3 aliphatic rings. The highest BCUT2D eigenvalue weighted by atomic mass is 32.1. The van der Waals surface area contributed by atoms with Gasteiger partial charge in [0.15, 0.2) is 0 Å². The molecule has 2 N–H and O–H groups in total. The van der Waals surface area contributed by atoms with Gasteiger partial charge in [-0.15, -0.1) is 10.2 Å². The number of amides is 1. The highest BCUT2D eigenvalue weighted by Gasteiger charge is 2.63. The van der Waals surface area contributed by atoms with Crippen molar-refractivity contribution in [2.24, 2.45) is 11.8 Å². The summed E-state index contributed by atoms with van der Waals surface area (Å²) in [4.78, 5) is 27.8. The zero-order chi connectivity index (χ0) is 22.1. The summed E-state index contributed by atoms with van der Waals surface area (Å²) in [6.07, 6.45) is 4.15. The molecular weight excluding hydrogens is 430 g/mol. The van der Waals surface area contributed by atoms with Crippen LogP contribution >= 0.6 is 11.3 Å². The van der Waals surface area contributed by atoms with Crippen LogP contribution in [-0.4, -0.2) is 64.0 Å². The van der Waals surface area contributed by atoms with Gasteiger partial charge in [0.25, 0.3) is 12.4 Å². The molecule has 10 heteroatoms. The maximum atomic E-state index is 12.8. The Morgan fingerprint density at radius 3 is 2.97 bits per heavy atom. The van der Waals surface area contributed by atoms with E-state index in [0.29, 0.717) is 24.1 Å². The van der Waals surface area contributed by atoms with Crippen molar-refractivity contribution in [2.45, 2.75) is 24.5 Å². The molecule has 3 aliphatic heterocycles. The molecule has 0 radical (unpaired) electrons. The van der Waals surface area contributed by atoms with Crippen molar-refractivity contribution in [3.8, 4) is 0 Å². The third kappa shape index (κ3) is 3.59. The number of anilines is 1. The fourth-order valence-corrected chi connectivity index (χ4v) is 5.99. The first-order valence-electron chi connectivity index (χ1n) is 10.5. The lowest BCUT2D eigenvalue weighted by Crippen LogP contribution is -2.42. The minimum Gasteiger partial charge on any atom is -0.483 e. The summed E-state index contributed by atoms with van der Waals surface area (Å²) in [5.41, 5.74) is 2.14. The van der Waals surface area contributed by atoms with Gasteiger partial charge in [-0.1, -0.05) is 35.6 Å². The number of carboxylic acid groups (broad SMARTS) is 1. The van der Waals surface area contributed by atoms with E-state index < -0.39 is 0 Å². The number of hydrogen-bond acceptors (Lipinski definition) is 8. The summed E-state index contributed by atoms with van der Waals surface area (Å²) >= 11 is 1.57. The van der Waals surface area contributed by atoms with Gasteiger partial charge < -0.3 is 20.1 Å². The van der Waals surface area contributed by atoms with Crippen molar-refractivity contribution in [3.63, 3.8) is 0 Å². The van der Waals surface area contributed by atoms with Crippen LogP contribution in [-0.2, 0) is 9.53 Å². The van der Waals surface area contributed by atoms with Crippen LogP contribution in [0.3, 0.4) is 0 Å². The molecule has 3 saturated heterocycles. The first-order valence-corrected chi connectivity index (χ1v) is 11.4. The molecule has 0 unspecified atom stereocenters. The van der Waals surface area contributed by atoms with E-state index in [9.17, 15) is 4.79 Å². The zero-order valence-electron chi connectivity index (χ0n) is 17.3. The summed E-state index contributed by atoms with van der Waals surface area (Å²) in [7, 11) is 0. The van der Waals surface area contributed by atoms with Gasteiger partial charge in [-0.2, -0.15) is 0 Å². The molecular formula is C22H23N5O4S. The molecule has 4 atom stereocenters. The average Bonchev–Trinajstić information content (AvgIpc) is 3.59. The molecule has 1 aromatic carbocycles. The quantitative estimate of drug-likeness (QED) is 0.578. The van der Waals surface area contributed by atoms with Crippen LogP contribution in [0.1, 0.15) is 23.3 Å². The molecule has 32 heavy (non-hydrogen) atoms. The Kier molecular flexibility index (Phi) is 5.48. The summed E-state index contributed by atoms with van der Waals surface area (Å²) < 4.78 is 6.47. The van der Waals surface area contributed by atoms with E-state index in [1.54, 1.807) is 23.0 Å². The molecule has 6 rings (SSSR count). The number of carbonyl (C=O) groups excluding carboxylic acids is 1. The number of aromatic nitrogens is 3. The van der Waals surface area contributed by atoms with Crippen LogP contribution in [0.4, 0.5) is 5.13 Å². The van der Waals surface area contributed by atoms with Crippen LogP contribution in [0, 0.1) is 11.8 Å². The predicted octanol–water partition coefficient (Wildman–Crippen LogP) is 2.20. The number of carbonyl (C=O) groups is 2. The smallest absolute Gasteiger partial charge is 0.290 e. The van der Waals surface area contributed by atoms with Crippen molar-refractivity contribution >= 4 is 39.6 Å². The number of ether oxygens (including phenoxy) is 1. The van der Waals surface area contributed by atoms with Gasteiger partial charge in [-0.3, -0.25) is 14.6 Å². The van der Waals surface area contributed by atoms with Gasteiger partial charge in [-0.05, 0) is 24.3 Å². The van der Waals surface area contributed by atoms with E-state index in [0.717, 1.165) is 41.8 Å². The molecule has 5 heterocycles. The maximum absolute atomic E-state index is 12.8. The molecule has 3 aromatic rings. The monoisotopic (exact) mass is 453 g/mol. The summed E-state index contributed by atoms with van der Waals surface area (Å²) in [5, 5.41) is 21.2. The number of fused-ring (bicyclic) bond motifs is 2. The molecule has 3 fully saturated rings. The second-order valence-electron chi connectivity index (χ2n) is 8.36. The molecule has 166 valence electrons. The van der Waals surface area contributed by atoms with Gasteiger partial charge in [0.2, 0.25) is 5.13 Å². The Morgan fingerprint density at radius 1 is 1.38 bits per heavy atom. The van der Waals surface area contributed by atoms with Gasteiger partial charge in [-0.25, -0.2) is 0 Å². The van der Waals surface area contributed by atoms with Crippen molar-refractivity contribution in [1.29, 1.82) is 0 Å². The van der Waals surface area contributed by atoms with Crippen LogP contribution in [0.2, 0.25) is 0 Å². The number of nitrogens with one attached hydrogen (secondary N) is 1. The largest absolute Gasteiger partial charge is 0.483 e. The van der Waals surface area contributed by atoms with Crippen molar-refractivity contribution < 1.29 is 19.4 Å². The lowest BCUT2D eigenvalue weighted by molar-refractivity contribution is -0.122. The number of rotatable bonds is 4. The van der Waals surface area contributed by atoms with E-state index in [4.69, 9.17) is 14.6 Å². The Hall–Kier alpha value is -3.11. The molecule has 1 spiro atoms. The Morgan fingerprint density at radius 2 is 2.19 bits per heavy atom. The lowest BCUT2D eigenvalue weighted by Gasteiger charge is -2.29. The van der Waals surface area contributed by atoms with Crippen LogP contribution < -0.4 is 10.2 Å². The Balaban J connectivity index is 0.000000684. The number of pyridine rings is 1. The Bertz CT molecular complexity index is 1130. The molecule has 9 nitrogen and oxygen atoms in total. The van der Waals surface area contributed by atoms with E-state index in [-0.39, 0.29) is 24.1 Å². The maximum Gasteiger partial charge on any atom is 0.290 e. The normalized spacial score (nSPS) is 27.6. The summed E-state index contributed by atoms with van der Waals surface area (Å²) in [6.45, 7) is 2.16. The molecule has 0 aliphatic carbocycles. The fraction of sp³-hybridized carbons (Fsp3) is 0.409. The highest BCUT2D eigenvalue weighted by Crippen LogP contribution is 2.55. The Labute approximate surface area is 188 Å². The standard InChI is InChI=1S/C21H21N5O2S.CH2O2/c27-19(17-7-13-3-1-2-4-14(13)8-22-17)23-9-15-16-10-26(20-25-24-12-29-20)11-21(16)6-5-18(15)28-21;2-1-3/h1-4,7-8,12,15-16,18H,5-6,9-11H2,(H,23,27);1H,(H,2,3)/t15-,16+,18+,21+;/m0./s1. The minimum absolute atomic E-state index is 0.0903. The fourth-order valence-electron chi connectivity index (χ4n) is 5.42. The van der Waals surface area contributed by atoms with Gasteiger partial charge in [0, 0.05) is 43.1 Å². The first-order chi connectivity index (χ1) is 15.6. The van der Waals surface area contributed by atoms with Crippen molar-refractivity contribution in [1.82, 2.24) is 20.5 Å². The van der Waals surface area contributed by atoms with E-state index in [1.807, 2.05) is 30.3 Å². The molecule has 2 bridgehead atoms. The lowest BCUT2D eigenvalue weighted by atomic mass is 9.73. The average molecular weight is 454 g/mol. The van der Waals surface area contributed by atoms with Gasteiger partial charge in [0.05, 0.1) is 11.7 Å². The third-order valence-electron chi connectivity index (χ3n) is 6.76. The van der Waals surface area contributed by atoms with E-state index in [1.165, 1.54) is 0 Å². The van der Waals surface area contributed by atoms with E-state index in [2.05, 4.69) is 25.4 Å². The number of hydrogen-bond donors (Lipinski definition) is 2. The summed E-state index contributed by atoms with van der Waals surface area (Å²) in [6, 6.07) is 9.80. The first kappa shape index (κ1) is 20.8. The van der Waals surface area contributed by atoms with Crippen LogP contribution in [0.15, 0.2) is 42.0 Å². The van der Waals surface area contributed by atoms with Crippen molar-refractivity contribution in [3.05, 3.63) is 47.7 Å². The topological polar surface area (TPSA) is 118 Å². The SMILES string of the molecule is O=C(NC[C@H]1[C@H]2CN(c3nncs3)C[C@]23CC[C@H]1O3)c1cc2ccccc2cn1.O=CO. The summed E-state index contributed by atoms with van der Waals surface area (Å²) in [5.74, 6) is 0.618. The van der Waals surface area contributed by atoms with Gasteiger partial charge in [0.1, 0.15) is 11.2 Å². The molecule has 1 amide bonds. The second kappa shape index (κ2) is 8.44. The third-order valence-corrected chi connectivity index (χ3v) is 7.52.